The molecule has 0 unspecified atom stereocenters. The number of aromatic nitrogens is 1. The lowest BCUT2D eigenvalue weighted by molar-refractivity contribution is 0.102. The average Bonchev–Trinajstić information content (AvgIpc) is 2.42. The van der Waals surface area contributed by atoms with E-state index in [0.29, 0.717) is 12.3 Å². The quantitative estimate of drug-likeness (QED) is 0.899. The topological polar surface area (TPSA) is 71.2 Å². The van der Waals surface area contributed by atoms with Crippen LogP contribution in [0.5, 0.6) is 5.75 Å². The summed E-state index contributed by atoms with van der Waals surface area (Å²) >= 11 is 0. The molecule has 6 heteroatoms. The molecule has 0 saturated carbocycles. The minimum Gasteiger partial charge on any atom is -0.492 e. The van der Waals surface area contributed by atoms with Crippen LogP contribution in [0, 0.1) is 5.82 Å². The monoisotopic (exact) mass is 276 g/mol. The smallest absolute Gasteiger partial charge is 0.256 e. The van der Waals surface area contributed by atoms with Gasteiger partial charge in [-0.2, -0.15) is 0 Å². The summed E-state index contributed by atoms with van der Waals surface area (Å²) in [7, 11) is 0. The van der Waals surface area contributed by atoms with Gasteiger partial charge in [0.2, 0.25) is 5.56 Å². The highest BCUT2D eigenvalue weighted by Crippen LogP contribution is 2.25. The van der Waals surface area contributed by atoms with Crippen LogP contribution in [-0.2, 0) is 0 Å². The van der Waals surface area contributed by atoms with E-state index in [0.717, 1.165) is 0 Å². The molecule has 2 aromatic rings. The number of rotatable bonds is 4. The van der Waals surface area contributed by atoms with Gasteiger partial charge in [0.25, 0.3) is 5.91 Å². The molecule has 1 aromatic heterocycles. The van der Waals surface area contributed by atoms with Crippen molar-refractivity contribution in [3.63, 3.8) is 0 Å². The lowest BCUT2D eigenvalue weighted by atomic mass is 10.2. The number of carbonyl (C=O) groups is 1. The fourth-order valence-electron chi connectivity index (χ4n) is 1.65. The van der Waals surface area contributed by atoms with Crippen molar-refractivity contribution in [2.75, 3.05) is 11.9 Å². The van der Waals surface area contributed by atoms with Crippen LogP contribution in [0.3, 0.4) is 0 Å². The lowest BCUT2D eigenvalue weighted by Crippen LogP contribution is -2.16. The van der Waals surface area contributed by atoms with Crippen molar-refractivity contribution in [2.24, 2.45) is 0 Å². The highest BCUT2D eigenvalue weighted by Gasteiger charge is 2.11. The number of carbonyl (C=O) groups excluding carboxylic acids is 1. The molecule has 0 aliphatic heterocycles. The van der Waals surface area contributed by atoms with E-state index in [4.69, 9.17) is 4.74 Å². The van der Waals surface area contributed by atoms with E-state index in [9.17, 15) is 14.0 Å². The summed E-state index contributed by atoms with van der Waals surface area (Å²) < 4.78 is 18.4. The van der Waals surface area contributed by atoms with Crippen molar-refractivity contribution in [3.8, 4) is 5.75 Å². The maximum atomic E-state index is 13.1. The zero-order valence-electron chi connectivity index (χ0n) is 10.8. The van der Waals surface area contributed by atoms with E-state index in [1.165, 1.54) is 36.5 Å². The number of H-pyrrole nitrogens is 1. The van der Waals surface area contributed by atoms with Gasteiger partial charge in [0, 0.05) is 23.9 Å². The van der Waals surface area contributed by atoms with Gasteiger partial charge in [0.1, 0.15) is 11.6 Å². The van der Waals surface area contributed by atoms with Crippen LogP contribution in [0.1, 0.15) is 17.3 Å². The second kappa shape index (κ2) is 6.01. The number of amides is 1. The number of aromatic amines is 1. The molecular formula is C14H13FN2O3. The van der Waals surface area contributed by atoms with Crippen molar-refractivity contribution in [2.45, 2.75) is 6.92 Å². The third kappa shape index (κ3) is 3.23. The van der Waals surface area contributed by atoms with Gasteiger partial charge in [-0.05, 0) is 25.1 Å². The summed E-state index contributed by atoms with van der Waals surface area (Å²) in [5, 5.41) is 2.58. The standard InChI is InChI=1S/C14H13FN2O3/c1-2-20-12-8-10(15)3-4-11(12)17-14(19)9-5-6-16-13(18)7-9/h3-8H,2H2,1H3,(H,16,18)(H,17,19). The SMILES string of the molecule is CCOc1cc(F)ccc1NC(=O)c1cc[nH]c(=O)c1. The van der Waals surface area contributed by atoms with Gasteiger partial charge >= 0.3 is 0 Å². The predicted octanol–water partition coefficient (Wildman–Crippen LogP) is 2.17. The number of ether oxygens (including phenoxy) is 1. The Labute approximate surface area is 114 Å². The summed E-state index contributed by atoms with van der Waals surface area (Å²) in [4.78, 5) is 25.6. The molecule has 0 fully saturated rings. The van der Waals surface area contributed by atoms with Crippen molar-refractivity contribution in [3.05, 3.63) is 58.3 Å². The highest BCUT2D eigenvalue weighted by molar-refractivity contribution is 6.04. The van der Waals surface area contributed by atoms with Gasteiger partial charge in [-0.15, -0.1) is 0 Å². The van der Waals surface area contributed by atoms with Gasteiger partial charge < -0.3 is 15.0 Å². The first-order valence-electron chi connectivity index (χ1n) is 6.02. The van der Waals surface area contributed by atoms with Gasteiger partial charge in [0.15, 0.2) is 0 Å². The summed E-state index contributed by atoms with van der Waals surface area (Å²) in [6.45, 7) is 2.10. The van der Waals surface area contributed by atoms with Crippen LogP contribution in [0.25, 0.3) is 0 Å². The van der Waals surface area contributed by atoms with Gasteiger partial charge in [-0.3, -0.25) is 9.59 Å². The Bertz CT molecular complexity index is 682. The molecule has 0 spiro atoms. The molecule has 5 nitrogen and oxygen atoms in total. The van der Waals surface area contributed by atoms with Crippen LogP contribution >= 0.6 is 0 Å². The zero-order valence-corrected chi connectivity index (χ0v) is 10.8. The molecule has 2 rings (SSSR count). The van der Waals surface area contributed by atoms with E-state index >= 15 is 0 Å². The van der Waals surface area contributed by atoms with Crippen molar-refractivity contribution < 1.29 is 13.9 Å². The van der Waals surface area contributed by atoms with Crippen molar-refractivity contribution >= 4 is 11.6 Å². The Kier molecular flexibility index (Phi) is 4.14. The molecule has 1 aromatic carbocycles. The molecule has 0 aliphatic carbocycles. The number of hydrogen-bond donors (Lipinski definition) is 2. The van der Waals surface area contributed by atoms with Crippen LogP contribution in [0.15, 0.2) is 41.3 Å². The molecule has 0 radical (unpaired) electrons. The summed E-state index contributed by atoms with van der Waals surface area (Å²) in [6, 6.07) is 6.47. The second-order valence-electron chi connectivity index (χ2n) is 3.97. The van der Waals surface area contributed by atoms with E-state index in [1.807, 2.05) is 0 Å². The van der Waals surface area contributed by atoms with Crippen LogP contribution < -0.4 is 15.6 Å². The second-order valence-corrected chi connectivity index (χ2v) is 3.97. The lowest BCUT2D eigenvalue weighted by Gasteiger charge is -2.11. The molecule has 104 valence electrons. The number of nitrogens with one attached hydrogen (secondary N) is 2. The fourth-order valence-corrected chi connectivity index (χ4v) is 1.65. The molecular weight excluding hydrogens is 263 g/mol. The van der Waals surface area contributed by atoms with Crippen molar-refractivity contribution in [1.82, 2.24) is 4.98 Å². The largest absolute Gasteiger partial charge is 0.492 e. The predicted molar refractivity (Wildman–Crippen MR) is 72.6 cm³/mol. The fraction of sp³-hybridized carbons (Fsp3) is 0.143. The highest BCUT2D eigenvalue weighted by atomic mass is 19.1. The number of anilines is 1. The Morgan fingerprint density at radius 3 is 2.85 bits per heavy atom. The maximum Gasteiger partial charge on any atom is 0.256 e. The third-order valence-electron chi connectivity index (χ3n) is 2.53. The normalized spacial score (nSPS) is 10.1. The molecule has 2 N–H and O–H groups in total. The zero-order chi connectivity index (χ0) is 14.5. The molecule has 0 bridgehead atoms. The van der Waals surface area contributed by atoms with Crippen LogP contribution in [0.4, 0.5) is 10.1 Å². The number of halogens is 1. The molecule has 1 amide bonds. The summed E-state index contributed by atoms with van der Waals surface area (Å²) in [6.07, 6.45) is 1.38. The first kappa shape index (κ1) is 13.8. The number of hydrogen-bond acceptors (Lipinski definition) is 3. The number of benzene rings is 1. The average molecular weight is 276 g/mol. The van der Waals surface area contributed by atoms with Crippen LogP contribution in [0.2, 0.25) is 0 Å². The minimum absolute atomic E-state index is 0.209. The Balaban J connectivity index is 2.25. The number of pyridine rings is 1. The minimum atomic E-state index is -0.469. The Morgan fingerprint density at radius 1 is 1.35 bits per heavy atom. The molecule has 0 atom stereocenters. The maximum absolute atomic E-state index is 13.1. The Hall–Kier alpha value is -2.63. The van der Waals surface area contributed by atoms with Gasteiger partial charge in [0.05, 0.1) is 12.3 Å². The molecule has 1 heterocycles. The first-order valence-corrected chi connectivity index (χ1v) is 6.02. The molecule has 20 heavy (non-hydrogen) atoms. The van der Waals surface area contributed by atoms with Crippen LogP contribution in [-0.4, -0.2) is 17.5 Å². The van der Waals surface area contributed by atoms with E-state index in [2.05, 4.69) is 10.3 Å². The summed E-state index contributed by atoms with van der Waals surface area (Å²) in [5.41, 5.74) is 0.181. The molecule has 0 aliphatic rings. The van der Waals surface area contributed by atoms with E-state index in [-0.39, 0.29) is 16.9 Å². The first-order chi connectivity index (χ1) is 9.60. The summed E-state index contributed by atoms with van der Waals surface area (Å²) in [5.74, 6) is -0.683. The third-order valence-corrected chi connectivity index (χ3v) is 2.53. The van der Waals surface area contributed by atoms with E-state index in [1.54, 1.807) is 6.92 Å². The Morgan fingerprint density at radius 2 is 2.15 bits per heavy atom. The van der Waals surface area contributed by atoms with Gasteiger partial charge in [-0.1, -0.05) is 0 Å². The van der Waals surface area contributed by atoms with Gasteiger partial charge in [-0.25, -0.2) is 4.39 Å². The van der Waals surface area contributed by atoms with Crippen molar-refractivity contribution in [1.29, 1.82) is 0 Å². The van der Waals surface area contributed by atoms with E-state index < -0.39 is 11.7 Å². The molecule has 0 saturated heterocycles.